The fourth-order valence-electron chi connectivity index (χ4n) is 1.50. The summed E-state index contributed by atoms with van der Waals surface area (Å²) in [7, 11) is 0. The molecule has 4 heteroatoms. The Bertz CT molecular complexity index is 349. The zero-order valence-corrected chi connectivity index (χ0v) is 10.7. The second kappa shape index (κ2) is 5.85. The first-order valence-corrected chi connectivity index (χ1v) is 5.86. The van der Waals surface area contributed by atoms with Gasteiger partial charge in [-0.15, -0.1) is 0 Å². The Hall–Kier alpha value is -1.09. The van der Waals surface area contributed by atoms with Crippen LogP contribution in [0, 0.1) is 0 Å². The molecular weight excluding hydrogens is 224 g/mol. The first kappa shape index (κ1) is 13.0. The Kier molecular flexibility index (Phi) is 4.74. The molecule has 0 saturated heterocycles. The number of amides is 1. The average Bonchev–Trinajstić information content (AvgIpc) is 2.25. The maximum atomic E-state index is 12.1. The van der Waals surface area contributed by atoms with Crippen LogP contribution in [0.25, 0.3) is 0 Å². The fourth-order valence-corrected chi connectivity index (χ4v) is 1.62. The largest absolute Gasteiger partial charge is 0.336 e. The summed E-state index contributed by atoms with van der Waals surface area (Å²) in [5, 5.41) is 0.406. The smallest absolute Gasteiger partial charge is 0.255 e. The molecule has 0 aliphatic rings. The lowest BCUT2D eigenvalue weighted by atomic mass is 10.2. The Morgan fingerprint density at radius 2 is 2.19 bits per heavy atom. The molecule has 0 saturated carbocycles. The minimum atomic E-state index is 0.0148. The number of carbonyl (C=O) groups is 1. The van der Waals surface area contributed by atoms with Gasteiger partial charge in [-0.2, -0.15) is 0 Å². The third-order valence-electron chi connectivity index (χ3n) is 2.32. The first-order valence-electron chi connectivity index (χ1n) is 5.48. The highest BCUT2D eigenvalue weighted by Gasteiger charge is 2.17. The molecule has 1 aromatic rings. The van der Waals surface area contributed by atoms with Gasteiger partial charge in [0.2, 0.25) is 0 Å². The van der Waals surface area contributed by atoms with Gasteiger partial charge in [0.15, 0.2) is 0 Å². The minimum Gasteiger partial charge on any atom is -0.336 e. The van der Waals surface area contributed by atoms with Crippen LogP contribution in [-0.4, -0.2) is 28.4 Å². The summed E-state index contributed by atoms with van der Waals surface area (Å²) in [5.74, 6) is 0.0148. The molecule has 0 aliphatic carbocycles. The van der Waals surface area contributed by atoms with Gasteiger partial charge in [0.1, 0.15) is 5.15 Å². The molecule has 1 heterocycles. The molecule has 0 unspecified atom stereocenters. The predicted octanol–water partition coefficient (Wildman–Crippen LogP) is 3.00. The summed E-state index contributed by atoms with van der Waals surface area (Å²) in [6.07, 6.45) is 2.47. The van der Waals surface area contributed by atoms with Crippen molar-refractivity contribution in [3.8, 4) is 0 Å². The van der Waals surface area contributed by atoms with Crippen LogP contribution >= 0.6 is 11.6 Å². The highest BCUT2D eigenvalue weighted by Crippen LogP contribution is 2.10. The zero-order chi connectivity index (χ0) is 12.1. The molecule has 0 atom stereocenters. The number of hydrogen-bond acceptors (Lipinski definition) is 2. The Morgan fingerprint density at radius 3 is 2.62 bits per heavy atom. The second-order valence-electron chi connectivity index (χ2n) is 3.96. The third-order valence-corrected chi connectivity index (χ3v) is 2.55. The highest BCUT2D eigenvalue weighted by atomic mass is 35.5. The summed E-state index contributed by atoms with van der Waals surface area (Å²) >= 11 is 5.68. The van der Waals surface area contributed by atoms with Gasteiger partial charge in [-0.05, 0) is 32.4 Å². The zero-order valence-electron chi connectivity index (χ0n) is 9.90. The van der Waals surface area contributed by atoms with Crippen LogP contribution < -0.4 is 0 Å². The molecule has 0 bridgehead atoms. The van der Waals surface area contributed by atoms with Crippen molar-refractivity contribution in [2.45, 2.75) is 33.2 Å². The summed E-state index contributed by atoms with van der Waals surface area (Å²) in [4.78, 5) is 17.9. The van der Waals surface area contributed by atoms with Gasteiger partial charge < -0.3 is 4.90 Å². The summed E-state index contributed by atoms with van der Waals surface area (Å²) < 4.78 is 0. The van der Waals surface area contributed by atoms with Crippen LogP contribution in [0.5, 0.6) is 0 Å². The van der Waals surface area contributed by atoms with Crippen molar-refractivity contribution in [2.75, 3.05) is 6.54 Å². The molecule has 1 amide bonds. The van der Waals surface area contributed by atoms with Gasteiger partial charge in [-0.25, -0.2) is 4.98 Å². The minimum absolute atomic E-state index is 0.0148. The quantitative estimate of drug-likeness (QED) is 0.758. The fraction of sp³-hybridized carbons (Fsp3) is 0.500. The molecular formula is C12H17ClN2O. The highest BCUT2D eigenvalue weighted by molar-refractivity contribution is 6.29. The van der Waals surface area contributed by atoms with E-state index in [9.17, 15) is 4.79 Å². The molecule has 1 aromatic heterocycles. The van der Waals surface area contributed by atoms with Gasteiger partial charge in [0.05, 0.1) is 5.56 Å². The lowest BCUT2D eigenvalue weighted by molar-refractivity contribution is 0.0705. The Morgan fingerprint density at radius 1 is 1.50 bits per heavy atom. The summed E-state index contributed by atoms with van der Waals surface area (Å²) in [6, 6.07) is 3.55. The van der Waals surface area contributed by atoms with Crippen molar-refractivity contribution >= 4 is 17.5 Å². The molecule has 3 nitrogen and oxygen atoms in total. The van der Waals surface area contributed by atoms with Crippen molar-refractivity contribution in [1.29, 1.82) is 0 Å². The van der Waals surface area contributed by atoms with E-state index in [0.717, 1.165) is 13.0 Å². The van der Waals surface area contributed by atoms with E-state index in [0.29, 0.717) is 10.7 Å². The summed E-state index contributed by atoms with van der Waals surface area (Å²) in [5.41, 5.74) is 0.589. The molecule has 0 N–H and O–H groups in total. The number of carbonyl (C=O) groups excluding carboxylic acids is 1. The molecule has 0 aromatic carbocycles. The van der Waals surface area contributed by atoms with E-state index in [4.69, 9.17) is 11.6 Å². The van der Waals surface area contributed by atoms with E-state index < -0.39 is 0 Å². The van der Waals surface area contributed by atoms with Gasteiger partial charge in [-0.1, -0.05) is 18.5 Å². The number of aromatic nitrogens is 1. The van der Waals surface area contributed by atoms with Crippen molar-refractivity contribution in [3.05, 3.63) is 29.0 Å². The van der Waals surface area contributed by atoms with E-state index >= 15 is 0 Å². The van der Waals surface area contributed by atoms with Crippen molar-refractivity contribution in [2.24, 2.45) is 0 Å². The van der Waals surface area contributed by atoms with Crippen LogP contribution in [0.2, 0.25) is 5.15 Å². The van der Waals surface area contributed by atoms with Gasteiger partial charge in [0, 0.05) is 18.8 Å². The third kappa shape index (κ3) is 3.20. The van der Waals surface area contributed by atoms with Crippen molar-refractivity contribution in [1.82, 2.24) is 9.88 Å². The first-order chi connectivity index (χ1) is 7.56. The van der Waals surface area contributed by atoms with Crippen LogP contribution in [0.4, 0.5) is 0 Å². The average molecular weight is 241 g/mol. The molecule has 0 spiro atoms. The SMILES string of the molecule is CCCN(C(=O)c1ccc(Cl)nc1)C(C)C. The number of nitrogens with zero attached hydrogens (tertiary/aromatic N) is 2. The van der Waals surface area contributed by atoms with E-state index in [1.54, 1.807) is 12.1 Å². The molecule has 0 radical (unpaired) electrons. The number of pyridine rings is 1. The maximum absolute atomic E-state index is 12.1. The lowest BCUT2D eigenvalue weighted by Gasteiger charge is -2.26. The Labute approximate surface area is 101 Å². The van der Waals surface area contributed by atoms with Crippen molar-refractivity contribution in [3.63, 3.8) is 0 Å². The second-order valence-corrected chi connectivity index (χ2v) is 4.35. The van der Waals surface area contributed by atoms with Gasteiger partial charge in [-0.3, -0.25) is 4.79 Å². The monoisotopic (exact) mass is 240 g/mol. The number of rotatable bonds is 4. The summed E-state index contributed by atoms with van der Waals surface area (Å²) in [6.45, 7) is 6.84. The van der Waals surface area contributed by atoms with Gasteiger partial charge >= 0.3 is 0 Å². The number of halogens is 1. The lowest BCUT2D eigenvalue weighted by Crippen LogP contribution is -2.37. The van der Waals surface area contributed by atoms with Crippen LogP contribution in [-0.2, 0) is 0 Å². The molecule has 1 rings (SSSR count). The van der Waals surface area contributed by atoms with Crippen LogP contribution in [0.1, 0.15) is 37.6 Å². The maximum Gasteiger partial charge on any atom is 0.255 e. The molecule has 16 heavy (non-hydrogen) atoms. The molecule has 0 fully saturated rings. The van der Waals surface area contributed by atoms with Crippen LogP contribution in [0.15, 0.2) is 18.3 Å². The molecule has 88 valence electrons. The van der Waals surface area contributed by atoms with Crippen molar-refractivity contribution < 1.29 is 4.79 Å². The normalized spacial score (nSPS) is 10.6. The van der Waals surface area contributed by atoms with E-state index in [2.05, 4.69) is 11.9 Å². The van der Waals surface area contributed by atoms with E-state index in [1.165, 1.54) is 6.20 Å². The number of hydrogen-bond donors (Lipinski definition) is 0. The molecule has 0 aliphatic heterocycles. The van der Waals surface area contributed by atoms with E-state index in [1.807, 2.05) is 18.7 Å². The topological polar surface area (TPSA) is 33.2 Å². The predicted molar refractivity (Wildman–Crippen MR) is 65.7 cm³/mol. The van der Waals surface area contributed by atoms with Crippen LogP contribution in [0.3, 0.4) is 0 Å². The standard InChI is InChI=1S/C12H17ClN2O/c1-4-7-15(9(2)3)12(16)10-5-6-11(13)14-8-10/h5-6,8-9H,4,7H2,1-3H3. The van der Waals surface area contributed by atoms with E-state index in [-0.39, 0.29) is 11.9 Å². The Balaban J connectivity index is 2.86. The van der Waals surface area contributed by atoms with Gasteiger partial charge in [0.25, 0.3) is 5.91 Å².